The van der Waals surface area contributed by atoms with Crippen LogP contribution in [-0.2, 0) is 14.4 Å². The van der Waals surface area contributed by atoms with E-state index in [1.54, 1.807) is 0 Å². The number of nitrogens with two attached hydrogens (primary N) is 1. The lowest BCUT2D eigenvalue weighted by molar-refractivity contribution is -0.213. The molecule has 164 valence electrons. The van der Waals surface area contributed by atoms with Gasteiger partial charge in [0.05, 0.1) is 0 Å². The van der Waals surface area contributed by atoms with Gasteiger partial charge < -0.3 is 21.1 Å². The van der Waals surface area contributed by atoms with Crippen molar-refractivity contribution in [3.05, 3.63) is 0 Å². The van der Waals surface area contributed by atoms with Crippen LogP contribution in [0.5, 0.6) is 0 Å². The third kappa shape index (κ3) is 4.76. The fourth-order valence-electron chi connectivity index (χ4n) is 8.18. The van der Waals surface area contributed by atoms with Crippen molar-refractivity contribution in [2.24, 2.45) is 27.4 Å². The van der Waals surface area contributed by atoms with Crippen molar-refractivity contribution < 1.29 is 29.7 Å². The molecule has 7 heteroatoms. The Labute approximate surface area is 172 Å². The predicted octanol–water partition coefficient (Wildman–Crippen LogP) is 3.65. The molecule has 4 fully saturated rings. The zero-order chi connectivity index (χ0) is 21.3. The number of carbonyl (C=O) groups is 3. The van der Waals surface area contributed by atoms with E-state index in [0.29, 0.717) is 25.8 Å². The van der Waals surface area contributed by atoms with Crippen LogP contribution in [-0.4, -0.2) is 39.8 Å². The van der Waals surface area contributed by atoms with Gasteiger partial charge in [-0.3, -0.25) is 14.4 Å². The van der Waals surface area contributed by atoms with Gasteiger partial charge in [-0.15, -0.1) is 0 Å². The Balaban J connectivity index is 1.97. The summed E-state index contributed by atoms with van der Waals surface area (Å²) in [6, 6.07) is 0. The molecule has 4 bridgehead atoms. The molecule has 0 spiro atoms. The molecular weight excluding hydrogens is 374 g/mol. The third-order valence-electron chi connectivity index (χ3n) is 8.02. The predicted molar refractivity (Wildman–Crippen MR) is 106 cm³/mol. The van der Waals surface area contributed by atoms with Gasteiger partial charge in [-0.25, -0.2) is 0 Å². The Morgan fingerprint density at radius 3 is 1.10 bits per heavy atom. The number of hydrogen-bond donors (Lipinski definition) is 4. The van der Waals surface area contributed by atoms with Crippen LogP contribution in [0, 0.1) is 21.7 Å². The highest BCUT2D eigenvalue weighted by Crippen LogP contribution is 2.77. The largest absolute Gasteiger partial charge is 0.481 e. The van der Waals surface area contributed by atoms with Crippen molar-refractivity contribution in [3.8, 4) is 0 Å². The van der Waals surface area contributed by atoms with Crippen LogP contribution >= 0.6 is 0 Å². The number of hydrogen-bond acceptors (Lipinski definition) is 4. The molecule has 5 N–H and O–H groups in total. The molecule has 0 atom stereocenters. The molecule has 0 heterocycles. The van der Waals surface area contributed by atoms with Crippen LogP contribution in [0.1, 0.15) is 89.9 Å². The van der Waals surface area contributed by atoms with Gasteiger partial charge >= 0.3 is 17.9 Å². The lowest BCUT2D eigenvalue weighted by Gasteiger charge is -2.71. The summed E-state index contributed by atoms with van der Waals surface area (Å²) in [7, 11) is 0. The van der Waals surface area contributed by atoms with Crippen molar-refractivity contribution in [1.82, 2.24) is 0 Å². The molecular formula is C22H35NO6. The molecule has 0 unspecified atom stereocenters. The Morgan fingerprint density at radius 2 is 0.862 bits per heavy atom. The lowest BCUT2D eigenvalue weighted by Crippen LogP contribution is -2.61. The van der Waals surface area contributed by atoms with Crippen LogP contribution < -0.4 is 5.73 Å². The normalized spacial score (nSPS) is 37.6. The fourth-order valence-corrected chi connectivity index (χ4v) is 8.18. The van der Waals surface area contributed by atoms with Crippen LogP contribution in [0.15, 0.2) is 0 Å². The van der Waals surface area contributed by atoms with Crippen LogP contribution in [0.4, 0.5) is 0 Å². The van der Waals surface area contributed by atoms with Crippen molar-refractivity contribution in [1.29, 1.82) is 0 Å². The standard InChI is InChI=1S/C22H35NO6/c23-9-1-5-19-10-20(6-2-16(24)25)13-21(11-19,7-3-17(26)27)15-22(12-19,14-20)8-4-18(28)29/h1-15,23H2,(H,24,25)(H,26,27)(H,28,29). The molecule has 7 nitrogen and oxygen atoms in total. The van der Waals surface area contributed by atoms with Crippen molar-refractivity contribution in [3.63, 3.8) is 0 Å². The summed E-state index contributed by atoms with van der Waals surface area (Å²) in [5, 5.41) is 28.0. The first-order chi connectivity index (χ1) is 13.6. The van der Waals surface area contributed by atoms with Crippen LogP contribution in [0.2, 0.25) is 0 Å². The second-order valence-electron chi connectivity index (χ2n) is 10.6. The quantitative estimate of drug-likeness (QED) is 0.386. The topological polar surface area (TPSA) is 138 Å². The zero-order valence-corrected chi connectivity index (χ0v) is 17.3. The summed E-state index contributed by atoms with van der Waals surface area (Å²) in [5.41, 5.74) is 5.53. The molecule has 0 aliphatic heterocycles. The van der Waals surface area contributed by atoms with E-state index in [1.807, 2.05) is 0 Å². The van der Waals surface area contributed by atoms with Gasteiger partial charge in [-0.05, 0) is 98.8 Å². The van der Waals surface area contributed by atoms with Gasteiger partial charge in [0.25, 0.3) is 0 Å². The summed E-state index contributed by atoms with van der Waals surface area (Å²) < 4.78 is 0. The maximum atomic E-state index is 11.4. The summed E-state index contributed by atoms with van der Waals surface area (Å²) in [6.07, 6.45) is 9.68. The first-order valence-electron chi connectivity index (χ1n) is 10.9. The number of rotatable bonds is 12. The van der Waals surface area contributed by atoms with Gasteiger partial charge in [0, 0.05) is 19.3 Å². The highest BCUT2D eigenvalue weighted by atomic mass is 16.4. The van der Waals surface area contributed by atoms with Crippen molar-refractivity contribution in [2.45, 2.75) is 89.9 Å². The van der Waals surface area contributed by atoms with E-state index >= 15 is 0 Å². The molecule has 0 saturated heterocycles. The van der Waals surface area contributed by atoms with E-state index in [4.69, 9.17) is 5.73 Å². The molecule has 4 aliphatic carbocycles. The van der Waals surface area contributed by atoms with Gasteiger partial charge in [0.1, 0.15) is 0 Å². The number of carboxylic acids is 3. The molecule has 4 saturated carbocycles. The van der Waals surface area contributed by atoms with E-state index in [9.17, 15) is 29.7 Å². The molecule has 0 aromatic rings. The fraction of sp³-hybridized carbons (Fsp3) is 0.864. The van der Waals surface area contributed by atoms with Crippen LogP contribution in [0.3, 0.4) is 0 Å². The average Bonchev–Trinajstić information content (AvgIpc) is 2.61. The first kappa shape index (κ1) is 22.1. The van der Waals surface area contributed by atoms with Gasteiger partial charge in [-0.2, -0.15) is 0 Å². The molecule has 0 amide bonds. The minimum atomic E-state index is -0.795. The van der Waals surface area contributed by atoms with Gasteiger partial charge in [0.2, 0.25) is 0 Å². The minimum Gasteiger partial charge on any atom is -0.481 e. The Hall–Kier alpha value is -1.63. The maximum absolute atomic E-state index is 11.4. The van der Waals surface area contributed by atoms with E-state index in [2.05, 4.69) is 0 Å². The first-order valence-corrected chi connectivity index (χ1v) is 10.9. The molecule has 4 aliphatic rings. The van der Waals surface area contributed by atoms with Crippen molar-refractivity contribution in [2.75, 3.05) is 6.54 Å². The molecule has 29 heavy (non-hydrogen) atoms. The Morgan fingerprint density at radius 1 is 0.586 bits per heavy atom. The number of carboxylic acid groups (broad SMARTS) is 3. The smallest absolute Gasteiger partial charge is 0.303 e. The Bertz CT molecular complexity index is 583. The summed E-state index contributed by atoms with van der Waals surface area (Å²) in [5.74, 6) is -2.39. The molecule has 0 aromatic heterocycles. The van der Waals surface area contributed by atoms with Crippen LogP contribution in [0.25, 0.3) is 0 Å². The highest BCUT2D eigenvalue weighted by Gasteiger charge is 2.66. The second-order valence-corrected chi connectivity index (χ2v) is 10.6. The minimum absolute atomic E-state index is 0.0453. The second kappa shape index (κ2) is 7.89. The van der Waals surface area contributed by atoms with E-state index < -0.39 is 17.9 Å². The average molecular weight is 410 g/mol. The maximum Gasteiger partial charge on any atom is 0.303 e. The highest BCUT2D eigenvalue weighted by molar-refractivity contribution is 5.67. The summed E-state index contributed by atoms with van der Waals surface area (Å²) >= 11 is 0. The van der Waals surface area contributed by atoms with E-state index in [0.717, 1.165) is 51.4 Å². The molecule has 4 rings (SSSR count). The third-order valence-corrected chi connectivity index (χ3v) is 8.02. The SMILES string of the molecule is NCCCC12CC3(CCC(=O)O)CC(CCC(=O)O)(C1)CC(CCC(=O)O)(C2)C3. The molecule has 0 radical (unpaired) electrons. The molecule has 0 aromatic carbocycles. The number of aliphatic carboxylic acids is 3. The van der Waals surface area contributed by atoms with Crippen molar-refractivity contribution >= 4 is 17.9 Å². The Kier molecular flexibility index (Phi) is 6.01. The zero-order valence-electron chi connectivity index (χ0n) is 17.3. The van der Waals surface area contributed by atoms with Gasteiger partial charge in [-0.1, -0.05) is 0 Å². The van der Waals surface area contributed by atoms with Gasteiger partial charge in [0.15, 0.2) is 0 Å². The van der Waals surface area contributed by atoms with E-state index in [-0.39, 0.29) is 40.9 Å². The lowest BCUT2D eigenvalue weighted by atomic mass is 9.33. The van der Waals surface area contributed by atoms with E-state index in [1.165, 1.54) is 0 Å². The summed E-state index contributed by atoms with van der Waals surface area (Å²) in [6.45, 7) is 0.605. The summed E-state index contributed by atoms with van der Waals surface area (Å²) in [4.78, 5) is 34.1. The monoisotopic (exact) mass is 409 g/mol.